The minimum absolute atomic E-state index is 0.195. The number of carbonyl (C=O) groups is 3. The number of para-hydroxylation sites is 1. The molecule has 1 fully saturated rings. The number of imide groups is 1. The van der Waals surface area contributed by atoms with Crippen LogP contribution < -0.4 is 0 Å². The number of aromatic nitrogens is 1. The van der Waals surface area contributed by atoms with E-state index in [-0.39, 0.29) is 6.61 Å². The van der Waals surface area contributed by atoms with Crippen molar-refractivity contribution >= 4 is 35.0 Å². The molecule has 6 nitrogen and oxygen atoms in total. The van der Waals surface area contributed by atoms with Crippen LogP contribution in [0.5, 0.6) is 0 Å². The highest BCUT2D eigenvalue weighted by molar-refractivity contribution is 8.18. The van der Waals surface area contributed by atoms with E-state index in [2.05, 4.69) is 4.57 Å². The molecule has 146 valence electrons. The number of carbonyl (C=O) groups excluding carboxylic acids is 3. The summed E-state index contributed by atoms with van der Waals surface area (Å²) in [6, 6.07) is 10.9. The molecule has 1 aromatic carbocycles. The lowest BCUT2D eigenvalue weighted by atomic mass is 10.2. The molecule has 1 saturated heterocycles. The molecule has 1 aliphatic rings. The topological polar surface area (TPSA) is 68.6 Å². The third-order valence-corrected chi connectivity index (χ3v) is 5.49. The molecular formula is C21H22N2O4S. The van der Waals surface area contributed by atoms with E-state index in [0.29, 0.717) is 4.91 Å². The van der Waals surface area contributed by atoms with Crippen LogP contribution in [-0.4, -0.2) is 39.2 Å². The summed E-state index contributed by atoms with van der Waals surface area (Å²) in [5.41, 5.74) is 3.87. The lowest BCUT2D eigenvalue weighted by molar-refractivity contribution is -0.150. The van der Waals surface area contributed by atoms with Gasteiger partial charge in [0, 0.05) is 17.1 Å². The second kappa shape index (κ2) is 8.06. The Bertz CT molecular complexity index is 962. The van der Waals surface area contributed by atoms with Crippen molar-refractivity contribution < 1.29 is 19.1 Å². The number of amides is 2. The first-order valence-electron chi connectivity index (χ1n) is 9.03. The van der Waals surface area contributed by atoms with E-state index in [1.165, 1.54) is 6.92 Å². The average molecular weight is 398 g/mol. The van der Waals surface area contributed by atoms with Crippen molar-refractivity contribution in [1.82, 2.24) is 9.47 Å². The first-order valence-corrected chi connectivity index (χ1v) is 9.84. The molecule has 1 aromatic heterocycles. The van der Waals surface area contributed by atoms with Crippen LogP contribution in [0.15, 0.2) is 41.3 Å². The summed E-state index contributed by atoms with van der Waals surface area (Å²) >= 11 is 0.842. The molecule has 7 heteroatoms. The molecular weight excluding hydrogens is 376 g/mol. The van der Waals surface area contributed by atoms with Crippen molar-refractivity contribution in [1.29, 1.82) is 0 Å². The van der Waals surface area contributed by atoms with Gasteiger partial charge in [0.05, 0.1) is 11.5 Å². The van der Waals surface area contributed by atoms with Gasteiger partial charge in [0.1, 0.15) is 6.04 Å². The zero-order valence-electron chi connectivity index (χ0n) is 16.3. The summed E-state index contributed by atoms with van der Waals surface area (Å²) < 4.78 is 7.03. The Morgan fingerprint density at radius 2 is 1.89 bits per heavy atom. The SMILES string of the molecule is CCOC(=O)[C@H](C)N1C(=O)S/C(=C/c2cc(C)n(-c3ccccc3)c2C)C1=O. The number of ether oxygens (including phenoxy) is 1. The Kier molecular flexibility index (Phi) is 5.74. The fraction of sp³-hybridized carbons (Fsp3) is 0.286. The molecule has 0 N–H and O–H groups in total. The second-order valence-electron chi connectivity index (χ2n) is 6.48. The monoisotopic (exact) mass is 398 g/mol. The van der Waals surface area contributed by atoms with Gasteiger partial charge in [-0.05, 0) is 69.3 Å². The van der Waals surface area contributed by atoms with Gasteiger partial charge in [-0.3, -0.25) is 14.5 Å². The van der Waals surface area contributed by atoms with Crippen LogP contribution in [0.4, 0.5) is 4.79 Å². The van der Waals surface area contributed by atoms with Crippen molar-refractivity contribution in [2.24, 2.45) is 0 Å². The summed E-state index contributed by atoms with van der Waals surface area (Å²) in [5, 5.41) is -0.464. The van der Waals surface area contributed by atoms with E-state index >= 15 is 0 Å². The Balaban J connectivity index is 1.92. The quantitative estimate of drug-likeness (QED) is 0.561. The minimum Gasteiger partial charge on any atom is -0.464 e. The van der Waals surface area contributed by atoms with Crippen molar-refractivity contribution in [2.75, 3.05) is 6.61 Å². The number of rotatable bonds is 5. The molecule has 0 radical (unpaired) electrons. The van der Waals surface area contributed by atoms with Gasteiger partial charge in [-0.25, -0.2) is 4.79 Å². The highest BCUT2D eigenvalue weighted by Gasteiger charge is 2.41. The predicted molar refractivity (Wildman–Crippen MR) is 109 cm³/mol. The Morgan fingerprint density at radius 3 is 2.54 bits per heavy atom. The van der Waals surface area contributed by atoms with Crippen molar-refractivity contribution in [3.8, 4) is 5.69 Å². The smallest absolute Gasteiger partial charge is 0.329 e. The second-order valence-corrected chi connectivity index (χ2v) is 7.47. The number of nitrogens with zero attached hydrogens (tertiary/aromatic N) is 2. The zero-order valence-corrected chi connectivity index (χ0v) is 17.1. The van der Waals surface area contributed by atoms with E-state index in [4.69, 9.17) is 4.74 Å². The summed E-state index contributed by atoms with van der Waals surface area (Å²) in [7, 11) is 0. The minimum atomic E-state index is -0.949. The van der Waals surface area contributed by atoms with Crippen LogP contribution in [0.1, 0.15) is 30.8 Å². The van der Waals surface area contributed by atoms with Gasteiger partial charge < -0.3 is 9.30 Å². The zero-order chi connectivity index (χ0) is 20.4. The molecule has 1 atom stereocenters. The summed E-state index contributed by atoms with van der Waals surface area (Å²) in [4.78, 5) is 38.3. The fourth-order valence-corrected chi connectivity index (χ4v) is 4.13. The fourth-order valence-electron chi connectivity index (χ4n) is 3.23. The Morgan fingerprint density at radius 1 is 1.21 bits per heavy atom. The maximum atomic E-state index is 12.7. The van der Waals surface area contributed by atoms with Gasteiger partial charge in [0.25, 0.3) is 11.1 Å². The number of aryl methyl sites for hydroxylation is 1. The largest absolute Gasteiger partial charge is 0.464 e. The molecule has 0 spiro atoms. The molecule has 2 heterocycles. The van der Waals surface area contributed by atoms with Crippen LogP contribution in [0.25, 0.3) is 11.8 Å². The van der Waals surface area contributed by atoms with Crippen molar-refractivity contribution in [2.45, 2.75) is 33.7 Å². The number of benzene rings is 1. The highest BCUT2D eigenvalue weighted by atomic mass is 32.2. The van der Waals surface area contributed by atoms with Gasteiger partial charge in [-0.2, -0.15) is 0 Å². The van der Waals surface area contributed by atoms with Crippen molar-refractivity contribution in [3.05, 3.63) is 58.3 Å². The van der Waals surface area contributed by atoms with Crippen LogP contribution in [0, 0.1) is 13.8 Å². The molecule has 2 aromatic rings. The first kappa shape index (κ1) is 19.9. The molecule has 3 rings (SSSR count). The number of thioether (sulfide) groups is 1. The van der Waals surface area contributed by atoms with Gasteiger partial charge in [-0.15, -0.1) is 0 Å². The van der Waals surface area contributed by atoms with Crippen LogP contribution in [-0.2, 0) is 14.3 Å². The van der Waals surface area contributed by atoms with E-state index in [0.717, 1.165) is 39.3 Å². The normalized spacial score (nSPS) is 16.7. The van der Waals surface area contributed by atoms with E-state index in [1.807, 2.05) is 50.2 Å². The Hall–Kier alpha value is -2.80. The summed E-state index contributed by atoms with van der Waals surface area (Å²) in [5.74, 6) is -1.06. The lowest BCUT2D eigenvalue weighted by Crippen LogP contribution is -2.42. The third-order valence-electron chi connectivity index (χ3n) is 4.61. The number of hydrogen-bond donors (Lipinski definition) is 0. The maximum Gasteiger partial charge on any atom is 0.329 e. The van der Waals surface area contributed by atoms with Gasteiger partial charge in [0.2, 0.25) is 0 Å². The molecule has 0 saturated carbocycles. The van der Waals surface area contributed by atoms with Gasteiger partial charge in [0.15, 0.2) is 0 Å². The first-order chi connectivity index (χ1) is 13.3. The molecule has 0 bridgehead atoms. The van der Waals surface area contributed by atoms with Crippen LogP contribution in [0.3, 0.4) is 0 Å². The number of hydrogen-bond acceptors (Lipinski definition) is 5. The predicted octanol–water partition coefficient (Wildman–Crippen LogP) is 4.08. The maximum absolute atomic E-state index is 12.7. The van der Waals surface area contributed by atoms with E-state index in [1.54, 1.807) is 13.0 Å². The number of esters is 1. The van der Waals surface area contributed by atoms with E-state index in [9.17, 15) is 14.4 Å². The highest BCUT2D eigenvalue weighted by Crippen LogP contribution is 2.35. The standard InChI is InChI=1S/C21H22N2O4S/c1-5-27-20(25)15(4)23-19(24)18(28-21(23)26)12-16-11-13(2)22(14(16)3)17-9-7-6-8-10-17/h6-12,15H,5H2,1-4H3/b18-12+/t15-/m0/s1. The average Bonchev–Trinajstić information content (AvgIpc) is 3.10. The van der Waals surface area contributed by atoms with Crippen molar-refractivity contribution in [3.63, 3.8) is 0 Å². The van der Waals surface area contributed by atoms with Gasteiger partial charge in [-0.1, -0.05) is 18.2 Å². The molecule has 0 unspecified atom stereocenters. The Labute approximate surface area is 168 Å². The molecule has 1 aliphatic heterocycles. The summed E-state index contributed by atoms with van der Waals surface area (Å²) in [6.45, 7) is 7.34. The lowest BCUT2D eigenvalue weighted by Gasteiger charge is -2.19. The molecule has 28 heavy (non-hydrogen) atoms. The van der Waals surface area contributed by atoms with Crippen LogP contribution >= 0.6 is 11.8 Å². The van der Waals surface area contributed by atoms with E-state index < -0.39 is 23.2 Å². The third kappa shape index (κ3) is 3.62. The van der Waals surface area contributed by atoms with Crippen LogP contribution in [0.2, 0.25) is 0 Å². The molecule has 0 aliphatic carbocycles. The molecule has 2 amide bonds. The summed E-state index contributed by atoms with van der Waals surface area (Å²) in [6.07, 6.45) is 1.71. The van der Waals surface area contributed by atoms with Gasteiger partial charge >= 0.3 is 5.97 Å².